The second kappa shape index (κ2) is 6.07. The van der Waals surface area contributed by atoms with Crippen LogP contribution < -0.4 is 0 Å². The molecule has 124 valence electrons. The van der Waals surface area contributed by atoms with E-state index in [9.17, 15) is 4.79 Å². The average Bonchev–Trinajstić information content (AvgIpc) is 3.11. The zero-order valence-corrected chi connectivity index (χ0v) is 13.7. The van der Waals surface area contributed by atoms with Crippen LogP contribution in [0.4, 0.5) is 0 Å². The lowest BCUT2D eigenvalue weighted by molar-refractivity contribution is -0.0812. The van der Waals surface area contributed by atoms with Gasteiger partial charge < -0.3 is 14.2 Å². The fraction of sp³-hybridized carbons (Fsp3) is 0.643. The highest BCUT2D eigenvalue weighted by atomic mass is 16.5. The molecule has 1 amide bonds. The molecular formula is C14H20N6O3. The Morgan fingerprint density at radius 1 is 1.35 bits per heavy atom. The van der Waals surface area contributed by atoms with Crippen molar-refractivity contribution in [2.24, 2.45) is 0 Å². The van der Waals surface area contributed by atoms with E-state index in [-0.39, 0.29) is 12.0 Å². The molecule has 1 aliphatic heterocycles. The SMILES string of the molecule is CCn1nnc(C)c1C(=O)N1C[C@@H](C)O[C@@H](c2nc(C)no2)C1. The zero-order chi connectivity index (χ0) is 16.6. The molecular weight excluding hydrogens is 300 g/mol. The van der Waals surface area contributed by atoms with Crippen LogP contribution in [0.25, 0.3) is 0 Å². The fourth-order valence-electron chi connectivity index (χ4n) is 2.73. The largest absolute Gasteiger partial charge is 0.362 e. The first kappa shape index (κ1) is 15.6. The lowest BCUT2D eigenvalue weighted by atomic mass is 10.2. The van der Waals surface area contributed by atoms with Crippen molar-refractivity contribution in [3.8, 4) is 0 Å². The Hall–Kier alpha value is -2.29. The monoisotopic (exact) mass is 320 g/mol. The molecule has 1 saturated heterocycles. The van der Waals surface area contributed by atoms with Crippen molar-refractivity contribution in [3.05, 3.63) is 23.1 Å². The first-order chi connectivity index (χ1) is 11.0. The Kier molecular flexibility index (Phi) is 4.12. The highest BCUT2D eigenvalue weighted by molar-refractivity contribution is 5.93. The van der Waals surface area contributed by atoms with Crippen molar-refractivity contribution >= 4 is 5.91 Å². The van der Waals surface area contributed by atoms with Crippen molar-refractivity contribution in [2.45, 2.75) is 46.4 Å². The number of nitrogens with zero attached hydrogens (tertiary/aromatic N) is 6. The van der Waals surface area contributed by atoms with Gasteiger partial charge in [0.2, 0.25) is 0 Å². The number of morpholine rings is 1. The van der Waals surface area contributed by atoms with Crippen molar-refractivity contribution in [1.29, 1.82) is 0 Å². The summed E-state index contributed by atoms with van der Waals surface area (Å²) in [6.07, 6.45) is -0.550. The molecule has 3 heterocycles. The normalized spacial score (nSPS) is 21.7. The third-order valence-electron chi connectivity index (χ3n) is 3.77. The summed E-state index contributed by atoms with van der Waals surface area (Å²) in [6, 6.07) is 0. The minimum absolute atomic E-state index is 0.106. The van der Waals surface area contributed by atoms with Gasteiger partial charge in [-0.3, -0.25) is 4.79 Å². The van der Waals surface area contributed by atoms with Crippen LogP contribution in [0.2, 0.25) is 0 Å². The number of carbonyl (C=O) groups is 1. The van der Waals surface area contributed by atoms with E-state index in [1.807, 2.05) is 13.8 Å². The van der Waals surface area contributed by atoms with E-state index in [2.05, 4.69) is 20.5 Å². The van der Waals surface area contributed by atoms with Gasteiger partial charge in [-0.05, 0) is 27.7 Å². The Balaban J connectivity index is 1.84. The van der Waals surface area contributed by atoms with E-state index in [0.29, 0.717) is 42.7 Å². The summed E-state index contributed by atoms with van der Waals surface area (Å²) in [6.45, 7) is 8.82. The molecule has 0 saturated carbocycles. The second-order valence-electron chi connectivity index (χ2n) is 5.66. The number of hydrogen-bond acceptors (Lipinski definition) is 7. The van der Waals surface area contributed by atoms with Gasteiger partial charge >= 0.3 is 0 Å². The van der Waals surface area contributed by atoms with Gasteiger partial charge in [0.15, 0.2) is 11.9 Å². The van der Waals surface area contributed by atoms with Gasteiger partial charge in [-0.25, -0.2) is 4.68 Å². The quantitative estimate of drug-likeness (QED) is 0.828. The molecule has 0 aliphatic carbocycles. The third kappa shape index (κ3) is 2.96. The summed E-state index contributed by atoms with van der Waals surface area (Å²) in [4.78, 5) is 18.8. The summed E-state index contributed by atoms with van der Waals surface area (Å²) >= 11 is 0. The Bertz CT molecular complexity index is 709. The molecule has 9 nitrogen and oxygen atoms in total. The maximum absolute atomic E-state index is 12.9. The summed E-state index contributed by atoms with van der Waals surface area (Å²) < 4.78 is 12.6. The molecule has 0 aromatic carbocycles. The number of carbonyl (C=O) groups excluding carboxylic acids is 1. The van der Waals surface area contributed by atoms with Crippen LogP contribution in [-0.2, 0) is 11.3 Å². The summed E-state index contributed by atoms with van der Waals surface area (Å²) in [5.74, 6) is 0.834. The zero-order valence-electron chi connectivity index (χ0n) is 13.7. The minimum atomic E-state index is -0.421. The highest BCUT2D eigenvalue weighted by Crippen LogP contribution is 2.25. The van der Waals surface area contributed by atoms with E-state index in [1.165, 1.54) is 0 Å². The molecule has 2 atom stereocenters. The maximum Gasteiger partial charge on any atom is 0.274 e. The molecule has 0 unspecified atom stereocenters. The highest BCUT2D eigenvalue weighted by Gasteiger charge is 2.34. The lowest BCUT2D eigenvalue weighted by Gasteiger charge is -2.35. The Labute approximate surface area is 133 Å². The van der Waals surface area contributed by atoms with Crippen molar-refractivity contribution < 1.29 is 14.1 Å². The molecule has 0 N–H and O–H groups in total. The molecule has 0 bridgehead atoms. The van der Waals surface area contributed by atoms with Crippen LogP contribution in [-0.4, -0.2) is 55.1 Å². The Morgan fingerprint density at radius 2 is 2.13 bits per heavy atom. The first-order valence-electron chi connectivity index (χ1n) is 7.64. The summed E-state index contributed by atoms with van der Waals surface area (Å²) in [7, 11) is 0. The van der Waals surface area contributed by atoms with Gasteiger partial charge in [0.1, 0.15) is 5.69 Å². The van der Waals surface area contributed by atoms with Gasteiger partial charge in [0.05, 0.1) is 18.3 Å². The summed E-state index contributed by atoms with van der Waals surface area (Å²) in [5.41, 5.74) is 1.14. The number of amides is 1. The molecule has 2 aromatic heterocycles. The predicted molar refractivity (Wildman–Crippen MR) is 78.7 cm³/mol. The summed E-state index contributed by atoms with van der Waals surface area (Å²) in [5, 5.41) is 11.8. The van der Waals surface area contributed by atoms with Crippen molar-refractivity contribution in [3.63, 3.8) is 0 Å². The van der Waals surface area contributed by atoms with E-state index in [0.717, 1.165) is 0 Å². The second-order valence-corrected chi connectivity index (χ2v) is 5.66. The van der Waals surface area contributed by atoms with Gasteiger partial charge in [-0.15, -0.1) is 5.10 Å². The van der Waals surface area contributed by atoms with E-state index in [4.69, 9.17) is 9.26 Å². The van der Waals surface area contributed by atoms with Crippen LogP contribution >= 0.6 is 0 Å². The van der Waals surface area contributed by atoms with Gasteiger partial charge in [0, 0.05) is 13.1 Å². The standard InChI is InChI=1S/C14H20N6O3/c1-5-20-12(9(3)16-18-20)14(21)19-6-8(2)22-11(7-19)13-15-10(4)17-23-13/h8,11H,5-7H2,1-4H3/t8-,11-/m1/s1. The number of hydrogen-bond donors (Lipinski definition) is 0. The maximum atomic E-state index is 12.9. The molecule has 3 rings (SSSR count). The minimum Gasteiger partial charge on any atom is -0.362 e. The molecule has 1 aliphatic rings. The fourth-order valence-corrected chi connectivity index (χ4v) is 2.73. The smallest absolute Gasteiger partial charge is 0.274 e. The van der Waals surface area contributed by atoms with Crippen molar-refractivity contribution in [1.82, 2.24) is 30.0 Å². The molecule has 1 fully saturated rings. The predicted octanol–water partition coefficient (Wildman–Crippen LogP) is 0.900. The lowest BCUT2D eigenvalue weighted by Crippen LogP contribution is -2.46. The van der Waals surface area contributed by atoms with E-state index < -0.39 is 6.10 Å². The topological polar surface area (TPSA) is 99.2 Å². The molecule has 0 spiro atoms. The molecule has 23 heavy (non-hydrogen) atoms. The van der Waals surface area contributed by atoms with Crippen LogP contribution in [0.1, 0.15) is 47.8 Å². The number of aryl methyl sites for hydroxylation is 3. The van der Waals surface area contributed by atoms with Crippen LogP contribution in [0, 0.1) is 13.8 Å². The molecule has 9 heteroatoms. The Morgan fingerprint density at radius 3 is 2.78 bits per heavy atom. The van der Waals surface area contributed by atoms with E-state index >= 15 is 0 Å². The van der Waals surface area contributed by atoms with Gasteiger partial charge in [-0.1, -0.05) is 10.4 Å². The van der Waals surface area contributed by atoms with Crippen LogP contribution in [0.15, 0.2) is 4.52 Å². The van der Waals surface area contributed by atoms with Crippen LogP contribution in [0.5, 0.6) is 0 Å². The molecule has 2 aromatic rings. The number of ether oxygens (including phenoxy) is 1. The van der Waals surface area contributed by atoms with E-state index in [1.54, 1.807) is 23.4 Å². The molecule has 0 radical (unpaired) electrons. The average molecular weight is 320 g/mol. The van der Waals surface area contributed by atoms with Crippen LogP contribution in [0.3, 0.4) is 0 Å². The van der Waals surface area contributed by atoms with Gasteiger partial charge in [0.25, 0.3) is 11.8 Å². The third-order valence-corrected chi connectivity index (χ3v) is 3.77. The van der Waals surface area contributed by atoms with Gasteiger partial charge in [-0.2, -0.15) is 4.98 Å². The first-order valence-corrected chi connectivity index (χ1v) is 7.64. The number of aromatic nitrogens is 5. The number of rotatable bonds is 3. The van der Waals surface area contributed by atoms with Crippen molar-refractivity contribution in [2.75, 3.05) is 13.1 Å².